The molecule has 7 heteroatoms. The number of nitrogens with zero attached hydrogens (tertiary/aromatic N) is 2. The van der Waals surface area contributed by atoms with E-state index in [0.717, 1.165) is 45.1 Å². The summed E-state index contributed by atoms with van der Waals surface area (Å²) in [5, 5.41) is 3.61. The molecule has 0 unspecified atom stereocenters. The number of aromatic nitrogens is 2. The van der Waals surface area contributed by atoms with E-state index in [-0.39, 0.29) is 5.56 Å². The van der Waals surface area contributed by atoms with Crippen LogP contribution in [0.1, 0.15) is 0 Å². The van der Waals surface area contributed by atoms with E-state index in [4.69, 9.17) is 4.98 Å². The summed E-state index contributed by atoms with van der Waals surface area (Å²) in [6, 6.07) is 11.7. The lowest BCUT2D eigenvalue weighted by molar-refractivity contribution is 1.19. The van der Waals surface area contributed by atoms with Gasteiger partial charge in [0.15, 0.2) is 0 Å². The Morgan fingerprint density at radius 2 is 1.60 bits per heavy atom. The predicted molar refractivity (Wildman–Crippen MR) is 116 cm³/mol. The van der Waals surface area contributed by atoms with Gasteiger partial charge in [-0.3, -0.25) is 9.20 Å². The number of pyridine rings is 1. The molecule has 0 bridgehead atoms. The van der Waals surface area contributed by atoms with Gasteiger partial charge in [-0.25, -0.2) is 4.98 Å². The van der Waals surface area contributed by atoms with Crippen LogP contribution in [0.3, 0.4) is 0 Å². The molecule has 2 aromatic heterocycles. The summed E-state index contributed by atoms with van der Waals surface area (Å²) in [4.78, 5) is 18.0. The lowest BCUT2D eigenvalue weighted by Gasteiger charge is -2.08. The second-order valence-corrected chi connectivity index (χ2v) is 9.05. The normalized spacial score (nSPS) is 12.2. The molecule has 0 saturated carbocycles. The molecule has 25 heavy (non-hydrogen) atoms. The molecule has 3 aromatic carbocycles. The fraction of sp³-hybridized carbons (Fsp3) is 0. The van der Waals surface area contributed by atoms with E-state index in [1.165, 1.54) is 0 Å². The fourth-order valence-corrected chi connectivity index (χ4v) is 5.31. The SMILES string of the molecule is O=c1c2cccc3c(Br)ccc(c32)c2nc3c(Br)c(Br)c(Br)cc3n12. The molecular weight excluding hydrogens is 580 g/mol. The Balaban J connectivity index is 2.20. The van der Waals surface area contributed by atoms with Crippen molar-refractivity contribution < 1.29 is 0 Å². The third-order valence-electron chi connectivity index (χ3n) is 4.45. The van der Waals surface area contributed by atoms with E-state index >= 15 is 0 Å². The second kappa shape index (κ2) is 5.49. The van der Waals surface area contributed by atoms with Crippen LogP contribution in [0.25, 0.3) is 38.2 Å². The van der Waals surface area contributed by atoms with E-state index in [9.17, 15) is 4.79 Å². The van der Waals surface area contributed by atoms with Crippen molar-refractivity contribution >= 4 is 102 Å². The highest BCUT2D eigenvalue weighted by molar-refractivity contribution is 9.14. The molecular formula is C18H6Br4N2O. The van der Waals surface area contributed by atoms with Gasteiger partial charge >= 0.3 is 0 Å². The van der Waals surface area contributed by atoms with E-state index in [1.54, 1.807) is 4.40 Å². The van der Waals surface area contributed by atoms with Crippen LogP contribution in [0.4, 0.5) is 0 Å². The zero-order valence-corrected chi connectivity index (χ0v) is 18.6. The maximum absolute atomic E-state index is 13.3. The minimum Gasteiger partial charge on any atom is -0.268 e. The molecule has 0 fully saturated rings. The van der Waals surface area contributed by atoms with Crippen molar-refractivity contribution in [2.45, 2.75) is 0 Å². The van der Waals surface area contributed by atoms with Crippen molar-refractivity contribution in [2.24, 2.45) is 0 Å². The third-order valence-corrected chi connectivity index (χ3v) is 8.43. The topological polar surface area (TPSA) is 34.4 Å². The average Bonchev–Trinajstić information content (AvgIpc) is 2.98. The van der Waals surface area contributed by atoms with Crippen molar-refractivity contribution in [2.75, 3.05) is 0 Å². The van der Waals surface area contributed by atoms with Gasteiger partial charge in [0, 0.05) is 29.6 Å². The molecule has 122 valence electrons. The van der Waals surface area contributed by atoms with Gasteiger partial charge in [-0.2, -0.15) is 0 Å². The highest BCUT2D eigenvalue weighted by Gasteiger charge is 2.19. The van der Waals surface area contributed by atoms with E-state index in [0.29, 0.717) is 11.0 Å². The van der Waals surface area contributed by atoms with Crippen LogP contribution in [0.5, 0.6) is 0 Å². The lowest BCUT2D eigenvalue weighted by Crippen LogP contribution is -2.13. The minimum atomic E-state index is -0.0603. The number of fused-ring (bicyclic) bond motifs is 4. The monoisotopic (exact) mass is 582 g/mol. The van der Waals surface area contributed by atoms with Crippen molar-refractivity contribution in [3.05, 3.63) is 64.6 Å². The average molecular weight is 586 g/mol. The van der Waals surface area contributed by atoms with Crippen LogP contribution in [0.2, 0.25) is 0 Å². The van der Waals surface area contributed by atoms with Crippen LogP contribution in [-0.2, 0) is 0 Å². The van der Waals surface area contributed by atoms with Gasteiger partial charge in [-0.15, -0.1) is 0 Å². The van der Waals surface area contributed by atoms with Crippen LogP contribution >= 0.6 is 63.7 Å². The zero-order chi connectivity index (χ0) is 17.5. The quantitative estimate of drug-likeness (QED) is 0.191. The summed E-state index contributed by atoms with van der Waals surface area (Å²) in [6.07, 6.45) is 0. The maximum atomic E-state index is 13.3. The van der Waals surface area contributed by atoms with E-state index in [2.05, 4.69) is 63.7 Å². The Labute approximate surface area is 174 Å². The highest BCUT2D eigenvalue weighted by Crippen LogP contribution is 2.39. The van der Waals surface area contributed by atoms with E-state index < -0.39 is 0 Å². The van der Waals surface area contributed by atoms with Crippen molar-refractivity contribution in [1.29, 1.82) is 0 Å². The third kappa shape index (κ3) is 2.07. The van der Waals surface area contributed by atoms with Gasteiger partial charge in [0.05, 0.1) is 9.99 Å². The molecule has 0 aliphatic carbocycles. The number of rotatable bonds is 0. The van der Waals surface area contributed by atoms with Gasteiger partial charge in [0.2, 0.25) is 0 Å². The van der Waals surface area contributed by atoms with Gasteiger partial charge in [0.1, 0.15) is 11.2 Å². The summed E-state index contributed by atoms with van der Waals surface area (Å²) in [7, 11) is 0. The molecule has 0 aliphatic heterocycles. The molecule has 5 rings (SSSR count). The molecule has 0 radical (unpaired) electrons. The van der Waals surface area contributed by atoms with Crippen LogP contribution in [-0.4, -0.2) is 9.38 Å². The molecule has 0 saturated heterocycles. The van der Waals surface area contributed by atoms with Crippen LogP contribution in [0, 0.1) is 0 Å². The summed E-state index contributed by atoms with van der Waals surface area (Å²) < 4.78 is 5.23. The molecule has 5 aromatic rings. The molecule has 0 aliphatic rings. The summed E-state index contributed by atoms with van der Waals surface area (Å²) in [5.74, 6) is 0. The number of halogens is 4. The van der Waals surface area contributed by atoms with Gasteiger partial charge in [-0.05, 0) is 77.4 Å². The summed E-state index contributed by atoms with van der Waals surface area (Å²) >= 11 is 14.3. The molecule has 0 spiro atoms. The Hall–Kier alpha value is -1.02. The zero-order valence-electron chi connectivity index (χ0n) is 12.3. The van der Waals surface area contributed by atoms with Gasteiger partial charge in [0.25, 0.3) is 5.56 Å². The Kier molecular flexibility index (Phi) is 3.55. The minimum absolute atomic E-state index is 0.0603. The molecule has 0 N–H and O–H groups in total. The molecule has 0 amide bonds. The number of hydrogen-bond acceptors (Lipinski definition) is 2. The van der Waals surface area contributed by atoms with Gasteiger partial charge < -0.3 is 0 Å². The predicted octanol–water partition coefficient (Wildman–Crippen LogP) is 6.64. The van der Waals surface area contributed by atoms with Crippen molar-refractivity contribution in [3.63, 3.8) is 0 Å². The van der Waals surface area contributed by atoms with Crippen molar-refractivity contribution in [1.82, 2.24) is 9.38 Å². The highest BCUT2D eigenvalue weighted by atomic mass is 79.9. The largest absolute Gasteiger partial charge is 0.268 e. The molecule has 2 heterocycles. The standard InChI is InChI=1S/C18H6Br4N2O/c19-10-5-4-8-13-7(10)2-1-3-9(13)18(25)24-12-6-11(20)14(21)15(22)16(12)23-17(8)24/h1-6H. The number of hydrogen-bond donors (Lipinski definition) is 0. The first-order valence-electron chi connectivity index (χ1n) is 7.31. The lowest BCUT2D eigenvalue weighted by atomic mass is 10.0. The summed E-state index contributed by atoms with van der Waals surface area (Å²) in [6.45, 7) is 0. The first-order valence-corrected chi connectivity index (χ1v) is 10.5. The maximum Gasteiger partial charge on any atom is 0.264 e. The Bertz CT molecular complexity index is 1410. The Morgan fingerprint density at radius 3 is 2.40 bits per heavy atom. The fourth-order valence-electron chi connectivity index (χ4n) is 3.36. The van der Waals surface area contributed by atoms with E-state index in [1.807, 2.05) is 36.4 Å². The smallest absolute Gasteiger partial charge is 0.264 e. The first kappa shape index (κ1) is 16.2. The molecule has 3 nitrogen and oxygen atoms in total. The second-order valence-electron chi connectivity index (χ2n) is 5.75. The summed E-state index contributed by atoms with van der Waals surface area (Å²) in [5.41, 5.74) is 2.13. The van der Waals surface area contributed by atoms with Gasteiger partial charge in [-0.1, -0.05) is 28.1 Å². The first-order chi connectivity index (χ1) is 12.0. The number of imidazole rings is 1. The number of benzene rings is 3. The van der Waals surface area contributed by atoms with Crippen LogP contribution in [0.15, 0.2) is 59.1 Å². The molecule has 0 atom stereocenters. The van der Waals surface area contributed by atoms with Crippen molar-refractivity contribution in [3.8, 4) is 0 Å². The Morgan fingerprint density at radius 1 is 0.840 bits per heavy atom. The van der Waals surface area contributed by atoms with Crippen LogP contribution < -0.4 is 5.56 Å².